The third-order valence-electron chi connectivity index (χ3n) is 3.66. The number of nitrogens with one attached hydrogen (secondary N) is 1. The van der Waals surface area contributed by atoms with E-state index in [-0.39, 0.29) is 0 Å². The van der Waals surface area contributed by atoms with Crippen molar-refractivity contribution in [3.63, 3.8) is 0 Å². The van der Waals surface area contributed by atoms with Crippen molar-refractivity contribution in [2.75, 3.05) is 6.54 Å². The first kappa shape index (κ1) is 15.5. The lowest BCUT2D eigenvalue weighted by Crippen LogP contribution is -2.24. The Hall–Kier alpha value is -0.530. The molecule has 0 aliphatic carbocycles. The van der Waals surface area contributed by atoms with E-state index in [1.165, 1.54) is 24.0 Å². The fourth-order valence-corrected chi connectivity index (χ4v) is 2.39. The molecule has 0 radical (unpaired) electrons. The monoisotopic (exact) mass is 267 g/mol. The number of rotatable bonds is 7. The molecule has 0 heterocycles. The Balaban J connectivity index is 2.90. The molecule has 1 N–H and O–H groups in total. The quantitative estimate of drug-likeness (QED) is 0.723. The fraction of sp³-hybridized carbons (Fsp3) is 0.625. The molecule has 2 atom stereocenters. The summed E-state index contributed by atoms with van der Waals surface area (Å²) in [5, 5.41) is 4.54. The van der Waals surface area contributed by atoms with Gasteiger partial charge in [-0.15, -0.1) is 0 Å². The Morgan fingerprint density at radius 2 is 2.00 bits per heavy atom. The van der Waals surface area contributed by atoms with Crippen LogP contribution in [0.15, 0.2) is 18.2 Å². The van der Waals surface area contributed by atoms with E-state index < -0.39 is 0 Å². The van der Waals surface area contributed by atoms with E-state index in [1.54, 1.807) is 0 Å². The summed E-state index contributed by atoms with van der Waals surface area (Å²) in [5.41, 5.74) is 2.58. The zero-order valence-corrected chi connectivity index (χ0v) is 12.8. The highest BCUT2D eigenvalue weighted by atomic mass is 35.5. The first-order valence-corrected chi connectivity index (χ1v) is 7.46. The van der Waals surface area contributed by atoms with Gasteiger partial charge in [-0.2, -0.15) is 0 Å². The summed E-state index contributed by atoms with van der Waals surface area (Å²) < 4.78 is 0. The summed E-state index contributed by atoms with van der Waals surface area (Å²) in [6.45, 7) is 9.97. The predicted octanol–water partition coefficient (Wildman–Crippen LogP) is 5.13. The standard InChI is InChI=1S/C16H26ClN/c1-5-10-18-16(11-12(3)6-2)14-8-7-9-15(17)13(14)4/h7-9,12,16,18H,5-6,10-11H2,1-4H3. The van der Waals surface area contributed by atoms with Crippen molar-refractivity contribution in [2.24, 2.45) is 5.92 Å². The molecule has 102 valence electrons. The molecule has 0 fully saturated rings. The third kappa shape index (κ3) is 4.29. The Morgan fingerprint density at radius 1 is 1.28 bits per heavy atom. The van der Waals surface area contributed by atoms with E-state index in [9.17, 15) is 0 Å². The van der Waals surface area contributed by atoms with Gasteiger partial charge in [0.25, 0.3) is 0 Å². The molecule has 1 aromatic rings. The minimum Gasteiger partial charge on any atom is -0.310 e. The van der Waals surface area contributed by atoms with E-state index in [0.29, 0.717) is 6.04 Å². The Labute approximate surface area is 117 Å². The van der Waals surface area contributed by atoms with E-state index in [0.717, 1.165) is 23.9 Å². The second kappa shape index (κ2) is 7.81. The van der Waals surface area contributed by atoms with Crippen LogP contribution in [0.4, 0.5) is 0 Å². The smallest absolute Gasteiger partial charge is 0.0438 e. The van der Waals surface area contributed by atoms with Crippen LogP contribution in [0.3, 0.4) is 0 Å². The Morgan fingerprint density at radius 3 is 2.61 bits per heavy atom. The fourth-order valence-electron chi connectivity index (χ4n) is 2.21. The molecule has 2 heteroatoms. The van der Waals surface area contributed by atoms with Gasteiger partial charge in [0.2, 0.25) is 0 Å². The van der Waals surface area contributed by atoms with Crippen molar-refractivity contribution in [3.05, 3.63) is 34.3 Å². The molecule has 1 rings (SSSR count). The summed E-state index contributed by atoms with van der Waals surface area (Å²) >= 11 is 6.23. The SMILES string of the molecule is CCCNC(CC(C)CC)c1cccc(Cl)c1C. The summed E-state index contributed by atoms with van der Waals surface area (Å²) in [6, 6.07) is 6.66. The van der Waals surface area contributed by atoms with Crippen LogP contribution in [0, 0.1) is 12.8 Å². The van der Waals surface area contributed by atoms with Crippen LogP contribution in [-0.4, -0.2) is 6.54 Å². The van der Waals surface area contributed by atoms with Gasteiger partial charge >= 0.3 is 0 Å². The molecular weight excluding hydrogens is 242 g/mol. The van der Waals surface area contributed by atoms with Gasteiger partial charge in [-0.1, -0.05) is 50.9 Å². The average Bonchev–Trinajstić information content (AvgIpc) is 2.37. The highest BCUT2D eigenvalue weighted by Gasteiger charge is 2.16. The maximum absolute atomic E-state index is 6.23. The molecule has 1 nitrogen and oxygen atoms in total. The molecule has 0 aliphatic rings. The maximum Gasteiger partial charge on any atom is 0.0438 e. The van der Waals surface area contributed by atoms with Crippen LogP contribution in [-0.2, 0) is 0 Å². The van der Waals surface area contributed by atoms with Crippen molar-refractivity contribution in [2.45, 2.75) is 53.0 Å². The number of hydrogen-bond donors (Lipinski definition) is 1. The van der Waals surface area contributed by atoms with Crippen LogP contribution < -0.4 is 5.32 Å². The number of hydrogen-bond acceptors (Lipinski definition) is 1. The summed E-state index contributed by atoms with van der Waals surface area (Å²) in [5.74, 6) is 0.734. The largest absolute Gasteiger partial charge is 0.310 e. The van der Waals surface area contributed by atoms with E-state index in [4.69, 9.17) is 11.6 Å². The van der Waals surface area contributed by atoms with Crippen molar-refractivity contribution in [1.82, 2.24) is 5.32 Å². The molecule has 0 spiro atoms. The average molecular weight is 268 g/mol. The second-order valence-corrected chi connectivity index (χ2v) is 5.62. The van der Waals surface area contributed by atoms with Gasteiger partial charge in [0, 0.05) is 11.1 Å². The van der Waals surface area contributed by atoms with Crippen molar-refractivity contribution in [3.8, 4) is 0 Å². The molecule has 1 aromatic carbocycles. The van der Waals surface area contributed by atoms with Gasteiger partial charge in [-0.3, -0.25) is 0 Å². The zero-order chi connectivity index (χ0) is 13.5. The normalized spacial score (nSPS) is 14.5. The van der Waals surface area contributed by atoms with Gasteiger partial charge in [0.15, 0.2) is 0 Å². The molecule has 0 aliphatic heterocycles. The minimum atomic E-state index is 0.429. The van der Waals surface area contributed by atoms with Crippen LogP contribution in [0.2, 0.25) is 5.02 Å². The van der Waals surface area contributed by atoms with Crippen LogP contribution in [0.25, 0.3) is 0 Å². The molecule has 2 unspecified atom stereocenters. The number of halogens is 1. The maximum atomic E-state index is 6.23. The van der Waals surface area contributed by atoms with Gasteiger partial charge in [0.1, 0.15) is 0 Å². The highest BCUT2D eigenvalue weighted by Crippen LogP contribution is 2.29. The van der Waals surface area contributed by atoms with Crippen LogP contribution in [0.5, 0.6) is 0 Å². The summed E-state index contributed by atoms with van der Waals surface area (Å²) in [4.78, 5) is 0. The van der Waals surface area contributed by atoms with Crippen LogP contribution in [0.1, 0.15) is 57.2 Å². The Kier molecular flexibility index (Phi) is 6.73. The Bertz CT molecular complexity index is 362. The molecule has 0 saturated carbocycles. The van der Waals surface area contributed by atoms with Crippen molar-refractivity contribution < 1.29 is 0 Å². The van der Waals surface area contributed by atoms with Gasteiger partial charge in [0.05, 0.1) is 0 Å². The highest BCUT2D eigenvalue weighted by molar-refractivity contribution is 6.31. The molecule has 0 aromatic heterocycles. The first-order valence-electron chi connectivity index (χ1n) is 7.08. The van der Waals surface area contributed by atoms with Crippen molar-refractivity contribution >= 4 is 11.6 Å². The van der Waals surface area contributed by atoms with Gasteiger partial charge in [-0.25, -0.2) is 0 Å². The molecule has 0 amide bonds. The van der Waals surface area contributed by atoms with E-state index in [1.807, 2.05) is 6.07 Å². The third-order valence-corrected chi connectivity index (χ3v) is 4.07. The molecule has 0 bridgehead atoms. The lowest BCUT2D eigenvalue weighted by Gasteiger charge is -2.24. The molecular formula is C16H26ClN. The summed E-state index contributed by atoms with van der Waals surface area (Å²) in [7, 11) is 0. The second-order valence-electron chi connectivity index (χ2n) is 5.21. The number of benzene rings is 1. The summed E-state index contributed by atoms with van der Waals surface area (Å²) in [6.07, 6.45) is 3.57. The molecule has 18 heavy (non-hydrogen) atoms. The molecule has 0 saturated heterocycles. The van der Waals surface area contributed by atoms with Crippen molar-refractivity contribution in [1.29, 1.82) is 0 Å². The van der Waals surface area contributed by atoms with E-state index >= 15 is 0 Å². The van der Waals surface area contributed by atoms with E-state index in [2.05, 4.69) is 45.1 Å². The lowest BCUT2D eigenvalue weighted by atomic mass is 9.91. The predicted molar refractivity (Wildman–Crippen MR) is 81.3 cm³/mol. The first-order chi connectivity index (χ1) is 8.60. The van der Waals surface area contributed by atoms with Gasteiger partial charge in [-0.05, 0) is 49.4 Å². The topological polar surface area (TPSA) is 12.0 Å². The minimum absolute atomic E-state index is 0.429. The van der Waals surface area contributed by atoms with Gasteiger partial charge < -0.3 is 5.32 Å². The van der Waals surface area contributed by atoms with Crippen LogP contribution >= 0.6 is 11.6 Å². The lowest BCUT2D eigenvalue weighted by molar-refractivity contribution is 0.401. The zero-order valence-electron chi connectivity index (χ0n) is 12.1.